The molecule has 1 rings (SSSR count). The van der Waals surface area contributed by atoms with Crippen molar-refractivity contribution in [3.63, 3.8) is 0 Å². The highest BCUT2D eigenvalue weighted by Crippen LogP contribution is 2.34. The molecule has 0 aliphatic carbocycles. The lowest BCUT2D eigenvalue weighted by Crippen LogP contribution is -2.27. The highest BCUT2D eigenvalue weighted by atomic mass is 32.2. The summed E-state index contributed by atoms with van der Waals surface area (Å²) in [5, 5.41) is 3.52. The molecule has 1 N–H and O–H groups in total. The Balaban J connectivity index is 2.82. The lowest BCUT2D eigenvalue weighted by molar-refractivity contribution is -0.138. The van der Waals surface area contributed by atoms with Gasteiger partial charge in [-0.2, -0.15) is 24.9 Å². The highest BCUT2D eigenvalue weighted by molar-refractivity contribution is 7.99. The van der Waals surface area contributed by atoms with Crippen molar-refractivity contribution in [1.82, 2.24) is 5.32 Å². The first-order valence-corrected chi connectivity index (χ1v) is 7.07. The fourth-order valence-corrected chi connectivity index (χ4v) is 1.93. The van der Waals surface area contributed by atoms with E-state index in [9.17, 15) is 13.2 Å². The van der Waals surface area contributed by atoms with Crippen molar-refractivity contribution in [3.05, 3.63) is 35.4 Å². The third kappa shape index (κ3) is 4.21. The summed E-state index contributed by atoms with van der Waals surface area (Å²) >= 11 is 1.69. The molecule has 0 spiro atoms. The molecule has 0 amide bonds. The molecule has 2 unspecified atom stereocenters. The van der Waals surface area contributed by atoms with Crippen LogP contribution in [0.3, 0.4) is 0 Å². The Morgan fingerprint density at radius 3 is 2.39 bits per heavy atom. The Bertz CT molecular complexity index is 379. The number of hydrogen-bond acceptors (Lipinski definition) is 2. The van der Waals surface area contributed by atoms with Gasteiger partial charge >= 0.3 is 6.18 Å². The number of halogens is 3. The molecule has 2 atom stereocenters. The summed E-state index contributed by atoms with van der Waals surface area (Å²) in [6, 6.07) is 5.41. The van der Waals surface area contributed by atoms with Crippen LogP contribution in [0, 0.1) is 0 Å². The van der Waals surface area contributed by atoms with E-state index in [0.717, 1.165) is 6.07 Å². The SMILES string of the molecule is CSC(C)CNC(C)c1ccccc1C(F)(F)F. The van der Waals surface area contributed by atoms with Gasteiger partial charge in [-0.3, -0.25) is 0 Å². The van der Waals surface area contributed by atoms with Crippen molar-refractivity contribution in [2.75, 3.05) is 12.8 Å². The minimum absolute atomic E-state index is 0.304. The van der Waals surface area contributed by atoms with Gasteiger partial charge in [-0.05, 0) is 24.8 Å². The van der Waals surface area contributed by atoms with Crippen molar-refractivity contribution < 1.29 is 13.2 Å². The number of hydrogen-bond donors (Lipinski definition) is 1. The average Bonchev–Trinajstić information content (AvgIpc) is 2.34. The number of thioether (sulfide) groups is 1. The molecule has 0 radical (unpaired) electrons. The van der Waals surface area contributed by atoms with Crippen LogP contribution in [0.5, 0.6) is 0 Å². The maximum Gasteiger partial charge on any atom is 0.416 e. The van der Waals surface area contributed by atoms with Crippen LogP contribution in [0.2, 0.25) is 0 Å². The molecule has 102 valence electrons. The molecule has 0 aliphatic heterocycles. The highest BCUT2D eigenvalue weighted by Gasteiger charge is 2.34. The molecule has 0 aromatic heterocycles. The third-order valence-corrected chi connectivity index (χ3v) is 3.82. The van der Waals surface area contributed by atoms with E-state index in [0.29, 0.717) is 17.4 Å². The summed E-state index contributed by atoms with van der Waals surface area (Å²) in [4.78, 5) is 0. The molecule has 0 saturated carbocycles. The smallest absolute Gasteiger partial charge is 0.309 e. The largest absolute Gasteiger partial charge is 0.416 e. The van der Waals surface area contributed by atoms with Crippen LogP contribution in [-0.4, -0.2) is 18.1 Å². The molecule has 18 heavy (non-hydrogen) atoms. The molecule has 0 saturated heterocycles. The van der Waals surface area contributed by atoms with Gasteiger partial charge in [0.25, 0.3) is 0 Å². The van der Waals surface area contributed by atoms with Crippen molar-refractivity contribution in [2.24, 2.45) is 0 Å². The molecule has 5 heteroatoms. The quantitative estimate of drug-likeness (QED) is 0.869. The van der Waals surface area contributed by atoms with Gasteiger partial charge in [0.1, 0.15) is 0 Å². The van der Waals surface area contributed by atoms with E-state index < -0.39 is 11.7 Å². The van der Waals surface area contributed by atoms with Crippen LogP contribution in [0.25, 0.3) is 0 Å². The van der Waals surface area contributed by atoms with Crippen molar-refractivity contribution in [1.29, 1.82) is 0 Å². The van der Waals surface area contributed by atoms with Crippen LogP contribution in [0.15, 0.2) is 24.3 Å². The summed E-state index contributed by atoms with van der Waals surface area (Å²) < 4.78 is 38.5. The second-order valence-electron chi connectivity index (χ2n) is 4.26. The summed E-state index contributed by atoms with van der Waals surface area (Å²) in [5.41, 5.74) is -0.250. The third-order valence-electron chi connectivity index (χ3n) is 2.85. The van der Waals surface area contributed by atoms with E-state index in [1.165, 1.54) is 12.1 Å². The second-order valence-corrected chi connectivity index (χ2v) is 5.54. The van der Waals surface area contributed by atoms with Gasteiger partial charge < -0.3 is 5.32 Å². The number of alkyl halides is 3. The lowest BCUT2D eigenvalue weighted by Gasteiger charge is -2.20. The molecule has 0 bridgehead atoms. The average molecular weight is 277 g/mol. The van der Waals surface area contributed by atoms with Crippen LogP contribution in [-0.2, 0) is 6.18 Å². The lowest BCUT2D eigenvalue weighted by atomic mass is 10.0. The van der Waals surface area contributed by atoms with Crippen molar-refractivity contribution in [3.8, 4) is 0 Å². The molecule has 0 aliphatic rings. The topological polar surface area (TPSA) is 12.0 Å². The molecule has 1 aromatic rings. The second kappa shape index (κ2) is 6.48. The minimum Gasteiger partial charge on any atom is -0.309 e. The van der Waals surface area contributed by atoms with E-state index in [4.69, 9.17) is 0 Å². The summed E-state index contributed by atoms with van der Waals surface area (Å²) in [5.74, 6) is 0. The monoisotopic (exact) mass is 277 g/mol. The fraction of sp³-hybridized carbons (Fsp3) is 0.538. The summed E-state index contributed by atoms with van der Waals surface area (Å²) in [7, 11) is 0. The first kappa shape index (κ1) is 15.4. The van der Waals surface area contributed by atoms with Crippen molar-refractivity contribution in [2.45, 2.75) is 31.3 Å². The van der Waals surface area contributed by atoms with Crippen molar-refractivity contribution >= 4 is 11.8 Å². The zero-order chi connectivity index (χ0) is 13.8. The maximum absolute atomic E-state index is 12.8. The van der Waals surface area contributed by atoms with E-state index in [1.807, 2.05) is 13.2 Å². The zero-order valence-electron chi connectivity index (χ0n) is 10.7. The first-order valence-electron chi connectivity index (χ1n) is 5.78. The molecular weight excluding hydrogens is 259 g/mol. The number of nitrogens with one attached hydrogen (secondary N) is 1. The van der Waals surface area contributed by atoms with Gasteiger partial charge in [-0.25, -0.2) is 0 Å². The van der Waals surface area contributed by atoms with Gasteiger partial charge in [0.05, 0.1) is 5.56 Å². The Kier molecular flexibility index (Phi) is 5.53. The summed E-state index contributed by atoms with van der Waals surface area (Å²) in [6.45, 7) is 4.49. The Morgan fingerprint density at radius 1 is 1.22 bits per heavy atom. The van der Waals surface area contributed by atoms with Crippen LogP contribution in [0.1, 0.15) is 31.0 Å². The molecule has 0 fully saturated rings. The Labute approximate surface area is 110 Å². The zero-order valence-corrected chi connectivity index (χ0v) is 11.5. The standard InChI is InChI=1S/C13H18F3NS/c1-9(18-3)8-17-10(2)11-6-4-5-7-12(11)13(14,15)16/h4-7,9-10,17H,8H2,1-3H3. The predicted octanol–water partition coefficient (Wildman–Crippen LogP) is 4.11. The maximum atomic E-state index is 12.8. The predicted molar refractivity (Wildman–Crippen MR) is 70.8 cm³/mol. The van der Waals surface area contributed by atoms with Crippen LogP contribution in [0.4, 0.5) is 13.2 Å². The van der Waals surface area contributed by atoms with E-state index in [2.05, 4.69) is 5.32 Å². The first-order chi connectivity index (χ1) is 8.36. The van der Waals surface area contributed by atoms with Crippen LogP contribution >= 0.6 is 11.8 Å². The van der Waals surface area contributed by atoms with Gasteiger partial charge in [0.15, 0.2) is 0 Å². The Morgan fingerprint density at radius 2 is 1.83 bits per heavy atom. The van der Waals surface area contributed by atoms with Crippen LogP contribution < -0.4 is 5.32 Å². The van der Waals surface area contributed by atoms with Gasteiger partial charge in [0, 0.05) is 17.8 Å². The number of rotatable bonds is 5. The van der Waals surface area contributed by atoms with E-state index in [-0.39, 0.29) is 6.04 Å². The molecule has 1 nitrogen and oxygen atoms in total. The van der Waals surface area contributed by atoms with Gasteiger partial charge in [0.2, 0.25) is 0 Å². The van der Waals surface area contributed by atoms with Gasteiger partial charge in [-0.15, -0.1) is 0 Å². The molecule has 0 heterocycles. The fourth-order valence-electron chi connectivity index (χ4n) is 1.67. The molecular formula is C13H18F3NS. The number of benzene rings is 1. The molecule has 1 aromatic carbocycles. The minimum atomic E-state index is -4.29. The Hall–Kier alpha value is -0.680. The van der Waals surface area contributed by atoms with Gasteiger partial charge in [-0.1, -0.05) is 25.1 Å². The van der Waals surface area contributed by atoms with E-state index >= 15 is 0 Å². The normalized spacial score (nSPS) is 15.4. The summed E-state index contributed by atoms with van der Waals surface area (Å²) in [6.07, 6.45) is -2.31. The van der Waals surface area contributed by atoms with E-state index in [1.54, 1.807) is 24.8 Å².